The van der Waals surface area contributed by atoms with Crippen molar-refractivity contribution in [2.45, 2.75) is 24.3 Å². The maximum Gasteiger partial charge on any atom is 0.291 e. The highest BCUT2D eigenvalue weighted by Gasteiger charge is 2.47. The van der Waals surface area contributed by atoms with Crippen LogP contribution in [0.5, 0.6) is 0 Å². The van der Waals surface area contributed by atoms with Gasteiger partial charge in [-0.1, -0.05) is 13.0 Å². The lowest BCUT2D eigenvalue weighted by atomic mass is 10.3. The maximum atomic E-state index is 10.8. The van der Waals surface area contributed by atoms with Crippen molar-refractivity contribution in [3.8, 4) is 0 Å². The smallest absolute Gasteiger partial charge is 0.284 e. The van der Waals surface area contributed by atoms with E-state index in [-0.39, 0.29) is 0 Å². The minimum Gasteiger partial charge on any atom is -0.284 e. The lowest BCUT2D eigenvalue weighted by molar-refractivity contribution is 0.443. The summed E-state index contributed by atoms with van der Waals surface area (Å²) in [6.07, 6.45) is 2.33. The second kappa shape index (κ2) is 3.97. The zero-order chi connectivity index (χ0) is 11.6. The van der Waals surface area contributed by atoms with E-state index in [1.54, 1.807) is 6.92 Å². The predicted molar refractivity (Wildman–Crippen MR) is 50.9 cm³/mol. The van der Waals surface area contributed by atoms with E-state index in [4.69, 9.17) is 9.11 Å². The lowest BCUT2D eigenvalue weighted by Crippen LogP contribution is -2.41. The van der Waals surface area contributed by atoms with Gasteiger partial charge in [-0.2, -0.15) is 16.8 Å². The molecule has 0 spiro atoms. The zero-order valence-electron chi connectivity index (χ0n) is 7.71. The quantitative estimate of drug-likeness (QED) is 0.548. The van der Waals surface area contributed by atoms with Gasteiger partial charge in [0.05, 0.1) is 0 Å². The standard InChI is InChI=1S/C6H12O6S2/c1-3-4-5-6(2,13(7,8)9)14(10,11)12/h4-5H,3H2,1-2H3,(H,7,8,9)(H,10,11,12). The van der Waals surface area contributed by atoms with Crippen molar-refractivity contribution in [1.82, 2.24) is 0 Å². The van der Waals surface area contributed by atoms with Gasteiger partial charge in [0, 0.05) is 0 Å². The Balaban J connectivity index is 5.67. The summed E-state index contributed by atoms with van der Waals surface area (Å²) in [6.45, 7) is 2.34. The Morgan fingerprint density at radius 3 is 1.71 bits per heavy atom. The van der Waals surface area contributed by atoms with Crippen LogP contribution in [0.3, 0.4) is 0 Å². The third-order valence-electron chi connectivity index (χ3n) is 1.68. The molecule has 0 aromatic heterocycles. The van der Waals surface area contributed by atoms with E-state index >= 15 is 0 Å². The van der Waals surface area contributed by atoms with Crippen LogP contribution in [-0.4, -0.2) is 30.0 Å². The lowest BCUT2D eigenvalue weighted by Gasteiger charge is -2.18. The molecule has 0 heterocycles. The van der Waals surface area contributed by atoms with E-state index < -0.39 is 24.3 Å². The minimum atomic E-state index is -4.92. The Morgan fingerprint density at radius 1 is 1.14 bits per heavy atom. The molecule has 0 amide bonds. The number of hydrogen-bond donors (Lipinski definition) is 2. The van der Waals surface area contributed by atoms with Crippen LogP contribution in [0.1, 0.15) is 20.3 Å². The molecular formula is C6H12O6S2. The molecule has 2 N–H and O–H groups in total. The van der Waals surface area contributed by atoms with Gasteiger partial charge in [-0.05, 0) is 19.4 Å². The van der Waals surface area contributed by atoms with Crippen LogP contribution in [0.25, 0.3) is 0 Å². The van der Waals surface area contributed by atoms with E-state index in [9.17, 15) is 16.8 Å². The highest BCUT2D eigenvalue weighted by Crippen LogP contribution is 2.24. The molecule has 0 aromatic carbocycles. The Morgan fingerprint density at radius 2 is 1.50 bits per heavy atom. The van der Waals surface area contributed by atoms with Crippen LogP contribution in [0.4, 0.5) is 0 Å². The van der Waals surface area contributed by atoms with E-state index in [1.165, 1.54) is 6.08 Å². The summed E-state index contributed by atoms with van der Waals surface area (Å²) < 4.78 is 57.7. The molecule has 0 bridgehead atoms. The first-order valence-corrected chi connectivity index (χ1v) is 6.56. The van der Waals surface area contributed by atoms with Crippen LogP contribution in [0.15, 0.2) is 12.2 Å². The second-order valence-electron chi connectivity index (χ2n) is 2.78. The van der Waals surface area contributed by atoms with Gasteiger partial charge in [0.2, 0.25) is 4.08 Å². The fraction of sp³-hybridized carbons (Fsp3) is 0.667. The molecule has 0 aliphatic carbocycles. The first-order chi connectivity index (χ1) is 6.06. The minimum absolute atomic E-state index is 0.376. The Hall–Kier alpha value is -0.440. The summed E-state index contributed by atoms with van der Waals surface area (Å²) in [5, 5.41) is 0. The van der Waals surface area contributed by atoms with Gasteiger partial charge in [-0.25, -0.2) is 0 Å². The summed E-state index contributed by atoms with van der Waals surface area (Å²) in [6, 6.07) is 0. The second-order valence-corrected chi connectivity index (χ2v) is 6.63. The SMILES string of the molecule is CCC=CC(C)(S(=O)(=O)O)S(=O)(=O)O. The largest absolute Gasteiger partial charge is 0.291 e. The molecule has 6 nitrogen and oxygen atoms in total. The molecule has 0 saturated carbocycles. The van der Waals surface area contributed by atoms with Gasteiger partial charge in [0.25, 0.3) is 20.2 Å². The molecule has 0 atom stereocenters. The summed E-state index contributed by atoms with van der Waals surface area (Å²) in [5.74, 6) is 0. The maximum absolute atomic E-state index is 10.8. The molecule has 0 aliphatic rings. The molecule has 0 saturated heterocycles. The monoisotopic (exact) mass is 244 g/mol. The molecule has 8 heteroatoms. The molecule has 14 heavy (non-hydrogen) atoms. The van der Waals surface area contributed by atoms with Crippen LogP contribution in [0, 0.1) is 0 Å². The summed E-state index contributed by atoms with van der Waals surface area (Å²) >= 11 is 0. The van der Waals surface area contributed by atoms with Crippen molar-refractivity contribution in [2.75, 3.05) is 0 Å². The van der Waals surface area contributed by atoms with Gasteiger partial charge in [0.1, 0.15) is 0 Å². The molecule has 0 fully saturated rings. The highest BCUT2D eigenvalue weighted by molar-refractivity contribution is 8.05. The van der Waals surface area contributed by atoms with Crippen LogP contribution < -0.4 is 0 Å². The van der Waals surface area contributed by atoms with Crippen LogP contribution in [0.2, 0.25) is 0 Å². The van der Waals surface area contributed by atoms with Crippen LogP contribution >= 0.6 is 0 Å². The number of allylic oxidation sites excluding steroid dienone is 1. The van der Waals surface area contributed by atoms with E-state index in [0.29, 0.717) is 13.3 Å². The Bertz CT molecular complexity index is 383. The van der Waals surface area contributed by atoms with Crippen molar-refractivity contribution < 1.29 is 25.9 Å². The van der Waals surface area contributed by atoms with Crippen molar-refractivity contribution in [3.05, 3.63) is 12.2 Å². The first-order valence-electron chi connectivity index (χ1n) is 3.68. The van der Waals surface area contributed by atoms with Gasteiger partial charge in [-0.15, -0.1) is 0 Å². The summed E-state index contributed by atoms with van der Waals surface area (Å²) in [7, 11) is -9.84. The average molecular weight is 244 g/mol. The summed E-state index contributed by atoms with van der Waals surface area (Å²) in [5.41, 5.74) is 0. The number of hydrogen-bond acceptors (Lipinski definition) is 4. The fourth-order valence-electron chi connectivity index (χ4n) is 0.637. The molecule has 0 aromatic rings. The first kappa shape index (κ1) is 13.6. The van der Waals surface area contributed by atoms with Crippen LogP contribution in [-0.2, 0) is 20.2 Å². The fourth-order valence-corrected chi connectivity index (χ4v) is 2.24. The molecule has 0 radical (unpaired) electrons. The highest BCUT2D eigenvalue weighted by atomic mass is 32.3. The third-order valence-corrected chi connectivity index (χ3v) is 5.27. The molecule has 0 unspecified atom stereocenters. The normalized spacial score (nSPS) is 14.9. The van der Waals surface area contributed by atoms with Gasteiger partial charge >= 0.3 is 0 Å². The van der Waals surface area contributed by atoms with Crippen molar-refractivity contribution in [2.24, 2.45) is 0 Å². The van der Waals surface area contributed by atoms with Crippen molar-refractivity contribution in [3.63, 3.8) is 0 Å². The molecule has 84 valence electrons. The molecule has 0 aliphatic heterocycles. The van der Waals surface area contributed by atoms with Gasteiger partial charge < -0.3 is 0 Å². The topological polar surface area (TPSA) is 109 Å². The van der Waals surface area contributed by atoms with E-state index in [1.807, 2.05) is 0 Å². The van der Waals surface area contributed by atoms with Gasteiger partial charge in [-0.3, -0.25) is 9.11 Å². The summed E-state index contributed by atoms with van der Waals surface area (Å²) in [4.78, 5) is 0. The average Bonchev–Trinajstić information content (AvgIpc) is 1.95. The Labute approximate surface area is 83.1 Å². The van der Waals surface area contributed by atoms with E-state index in [0.717, 1.165) is 6.08 Å². The van der Waals surface area contributed by atoms with Gasteiger partial charge in [0.15, 0.2) is 0 Å². The Kier molecular flexibility index (Phi) is 3.85. The van der Waals surface area contributed by atoms with E-state index in [2.05, 4.69) is 0 Å². The molecule has 0 rings (SSSR count). The third kappa shape index (κ3) is 2.53. The zero-order valence-corrected chi connectivity index (χ0v) is 9.34. The molecular weight excluding hydrogens is 232 g/mol. The predicted octanol–water partition coefficient (Wildman–Crippen LogP) is 0.444. The number of rotatable bonds is 4. The van der Waals surface area contributed by atoms with Crippen molar-refractivity contribution in [1.29, 1.82) is 0 Å². The van der Waals surface area contributed by atoms with Crippen molar-refractivity contribution >= 4 is 20.2 Å².